The molecule has 0 unspecified atom stereocenters. The zero-order valence-electron chi connectivity index (χ0n) is 15.6. The Kier molecular flexibility index (Phi) is 5.07. The van der Waals surface area contributed by atoms with Gasteiger partial charge in [-0.1, -0.05) is 6.07 Å². The normalized spacial score (nSPS) is 11.2. The van der Waals surface area contributed by atoms with Crippen LogP contribution in [0.1, 0.15) is 4.88 Å². The van der Waals surface area contributed by atoms with Gasteiger partial charge in [-0.05, 0) is 30.5 Å². The minimum atomic E-state index is -0.311. The van der Waals surface area contributed by atoms with E-state index >= 15 is 0 Å². The number of carbonyl (C=O) groups excluding carboxylic acids is 1. The maximum absolute atomic E-state index is 13.0. The highest BCUT2D eigenvalue weighted by Crippen LogP contribution is 2.33. The lowest BCUT2D eigenvalue weighted by Crippen LogP contribution is -2.27. The van der Waals surface area contributed by atoms with E-state index in [9.17, 15) is 9.59 Å². The summed E-state index contributed by atoms with van der Waals surface area (Å²) in [5.41, 5.74) is 1.49. The van der Waals surface area contributed by atoms with Gasteiger partial charge in [0.25, 0.3) is 5.56 Å². The first-order chi connectivity index (χ1) is 14.6. The molecule has 0 bridgehead atoms. The van der Waals surface area contributed by atoms with Crippen molar-refractivity contribution in [2.45, 2.75) is 13.5 Å². The Hall–Kier alpha value is -2.66. The Bertz CT molecular complexity index is 1410. The number of thiophene rings is 3. The van der Waals surface area contributed by atoms with Crippen LogP contribution in [0.3, 0.4) is 0 Å². The fraction of sp³-hybridized carbons (Fsp3) is 0.100. The van der Waals surface area contributed by atoms with Gasteiger partial charge in [-0.15, -0.1) is 45.3 Å². The number of carbonyl (C=O) groups is 1. The summed E-state index contributed by atoms with van der Waals surface area (Å²) in [6, 6.07) is 7.99. The van der Waals surface area contributed by atoms with E-state index < -0.39 is 0 Å². The Morgan fingerprint density at radius 2 is 2.03 bits per heavy atom. The van der Waals surface area contributed by atoms with Crippen LogP contribution in [0.2, 0.25) is 0 Å². The molecular formula is C20H14N4O2S4. The standard InChI is InChI=1S/C20H14N4O2S4/c1-11-4-5-15(30-11)13-9-29-20(22-13)23-16(25)7-24-10-21-18-17(19(24)26)12(8-28-18)14-3-2-6-27-14/h2-6,8-10H,7H2,1H3,(H,22,23,25). The van der Waals surface area contributed by atoms with Gasteiger partial charge in [0.2, 0.25) is 5.91 Å². The molecule has 5 aromatic rings. The third-order valence-electron chi connectivity index (χ3n) is 4.40. The minimum Gasteiger partial charge on any atom is -0.300 e. The number of nitrogens with zero attached hydrogens (tertiary/aromatic N) is 3. The van der Waals surface area contributed by atoms with Crippen LogP contribution < -0.4 is 10.9 Å². The molecule has 0 fully saturated rings. The first-order valence-corrected chi connectivity index (χ1v) is 12.4. The van der Waals surface area contributed by atoms with Crippen molar-refractivity contribution < 1.29 is 4.79 Å². The van der Waals surface area contributed by atoms with Gasteiger partial charge in [-0.25, -0.2) is 9.97 Å². The van der Waals surface area contributed by atoms with Crippen LogP contribution in [0.5, 0.6) is 0 Å². The van der Waals surface area contributed by atoms with Crippen LogP contribution >= 0.6 is 45.3 Å². The van der Waals surface area contributed by atoms with Crippen molar-refractivity contribution in [3.05, 3.63) is 62.0 Å². The van der Waals surface area contributed by atoms with E-state index in [1.54, 1.807) is 22.7 Å². The lowest BCUT2D eigenvalue weighted by Gasteiger charge is -2.05. The van der Waals surface area contributed by atoms with Gasteiger partial charge in [0.05, 0.1) is 22.3 Å². The van der Waals surface area contributed by atoms with Crippen molar-refractivity contribution >= 4 is 66.6 Å². The van der Waals surface area contributed by atoms with Gasteiger partial charge >= 0.3 is 0 Å². The number of hydrogen-bond donors (Lipinski definition) is 1. The second-order valence-corrected chi connectivity index (χ2v) is 10.4. The molecule has 5 heterocycles. The average molecular weight is 471 g/mol. The number of rotatable bonds is 5. The van der Waals surface area contributed by atoms with E-state index in [0.717, 1.165) is 21.0 Å². The molecule has 150 valence electrons. The van der Waals surface area contributed by atoms with E-state index in [-0.39, 0.29) is 18.0 Å². The second kappa shape index (κ2) is 7.88. The van der Waals surface area contributed by atoms with E-state index in [1.807, 2.05) is 47.3 Å². The van der Waals surface area contributed by atoms with E-state index in [4.69, 9.17) is 0 Å². The van der Waals surface area contributed by atoms with Crippen molar-refractivity contribution in [1.29, 1.82) is 0 Å². The maximum Gasteiger partial charge on any atom is 0.263 e. The van der Waals surface area contributed by atoms with E-state index in [1.165, 1.54) is 38.4 Å². The molecule has 0 radical (unpaired) electrons. The van der Waals surface area contributed by atoms with Crippen LogP contribution in [0.15, 0.2) is 51.5 Å². The zero-order chi connectivity index (χ0) is 20.7. The minimum absolute atomic E-state index is 0.117. The molecular weight excluding hydrogens is 457 g/mol. The van der Waals surface area contributed by atoms with Crippen LogP contribution in [0.25, 0.3) is 31.2 Å². The summed E-state index contributed by atoms with van der Waals surface area (Å²) < 4.78 is 1.35. The van der Waals surface area contributed by atoms with E-state index in [0.29, 0.717) is 15.3 Å². The van der Waals surface area contributed by atoms with Gasteiger partial charge in [-0.2, -0.15) is 0 Å². The lowest BCUT2D eigenvalue weighted by atomic mass is 10.2. The van der Waals surface area contributed by atoms with Crippen molar-refractivity contribution in [1.82, 2.24) is 14.5 Å². The highest BCUT2D eigenvalue weighted by atomic mass is 32.1. The summed E-state index contributed by atoms with van der Waals surface area (Å²) in [6.45, 7) is 1.93. The predicted octanol–water partition coefficient (Wildman–Crippen LogP) is 5.32. The van der Waals surface area contributed by atoms with Gasteiger partial charge in [0.15, 0.2) is 5.13 Å². The molecule has 0 aromatic carbocycles. The van der Waals surface area contributed by atoms with Crippen molar-refractivity contribution in [3.8, 4) is 21.0 Å². The molecule has 0 saturated carbocycles. The fourth-order valence-corrected chi connectivity index (χ4v) is 6.37. The lowest BCUT2D eigenvalue weighted by molar-refractivity contribution is -0.116. The largest absolute Gasteiger partial charge is 0.300 e. The number of fused-ring (bicyclic) bond motifs is 1. The molecule has 1 amide bonds. The monoisotopic (exact) mass is 470 g/mol. The van der Waals surface area contributed by atoms with Crippen LogP contribution in [0, 0.1) is 6.92 Å². The Balaban J connectivity index is 1.37. The molecule has 0 atom stereocenters. The molecule has 10 heteroatoms. The maximum atomic E-state index is 13.0. The SMILES string of the molecule is Cc1ccc(-c2csc(NC(=O)Cn3cnc4scc(-c5cccs5)c4c3=O)n2)s1. The zero-order valence-corrected chi connectivity index (χ0v) is 18.9. The number of thiazole rings is 1. The number of aromatic nitrogens is 3. The smallest absolute Gasteiger partial charge is 0.263 e. The number of anilines is 1. The first-order valence-electron chi connectivity index (χ1n) is 8.91. The quantitative estimate of drug-likeness (QED) is 0.377. The summed E-state index contributed by atoms with van der Waals surface area (Å²) >= 11 is 6.03. The molecule has 6 nitrogen and oxygen atoms in total. The average Bonchev–Trinajstić information content (AvgIpc) is 3.50. The Morgan fingerprint density at radius 1 is 1.13 bits per heavy atom. The molecule has 5 aromatic heterocycles. The number of nitrogens with one attached hydrogen (secondary N) is 1. The molecule has 0 spiro atoms. The van der Waals surface area contributed by atoms with Crippen molar-refractivity contribution in [2.24, 2.45) is 0 Å². The van der Waals surface area contributed by atoms with Gasteiger partial charge < -0.3 is 5.32 Å². The molecule has 0 aliphatic carbocycles. The van der Waals surface area contributed by atoms with Gasteiger partial charge in [0, 0.05) is 26.1 Å². The molecule has 30 heavy (non-hydrogen) atoms. The molecule has 1 N–H and O–H groups in total. The fourth-order valence-electron chi connectivity index (χ4n) is 3.02. The summed E-state index contributed by atoms with van der Waals surface area (Å²) in [5, 5.41) is 9.69. The molecule has 0 aliphatic heterocycles. The van der Waals surface area contributed by atoms with Crippen LogP contribution in [-0.2, 0) is 11.3 Å². The van der Waals surface area contributed by atoms with Crippen molar-refractivity contribution in [2.75, 3.05) is 5.32 Å². The predicted molar refractivity (Wildman–Crippen MR) is 126 cm³/mol. The van der Waals surface area contributed by atoms with E-state index in [2.05, 4.69) is 15.3 Å². The Morgan fingerprint density at radius 3 is 2.80 bits per heavy atom. The Labute approximate surface area is 187 Å². The highest BCUT2D eigenvalue weighted by Gasteiger charge is 2.16. The molecule has 0 aliphatic rings. The number of amides is 1. The highest BCUT2D eigenvalue weighted by molar-refractivity contribution is 7.18. The van der Waals surface area contributed by atoms with Crippen molar-refractivity contribution in [3.63, 3.8) is 0 Å². The number of aryl methyl sites for hydroxylation is 1. The topological polar surface area (TPSA) is 76.9 Å². The van der Waals surface area contributed by atoms with Crippen LogP contribution in [0.4, 0.5) is 5.13 Å². The third kappa shape index (κ3) is 3.63. The van der Waals surface area contributed by atoms with Crippen LogP contribution in [-0.4, -0.2) is 20.4 Å². The molecule has 5 rings (SSSR count). The summed E-state index contributed by atoms with van der Waals surface area (Å²) in [6.07, 6.45) is 1.43. The number of hydrogen-bond acceptors (Lipinski definition) is 8. The van der Waals surface area contributed by atoms with Gasteiger partial charge in [-0.3, -0.25) is 14.2 Å². The first kappa shape index (κ1) is 19.3. The summed E-state index contributed by atoms with van der Waals surface area (Å²) in [7, 11) is 0. The summed E-state index contributed by atoms with van der Waals surface area (Å²) in [4.78, 5) is 38.4. The molecule has 0 saturated heterocycles. The summed E-state index contributed by atoms with van der Waals surface area (Å²) in [5.74, 6) is -0.311. The second-order valence-electron chi connectivity index (χ2n) is 6.48. The van der Waals surface area contributed by atoms with Gasteiger partial charge in [0.1, 0.15) is 11.4 Å². The third-order valence-corrected chi connectivity index (χ3v) is 7.98.